The summed E-state index contributed by atoms with van der Waals surface area (Å²) < 4.78 is 5.39. The molecule has 0 saturated carbocycles. The van der Waals surface area contributed by atoms with Crippen LogP contribution in [0.3, 0.4) is 0 Å². The van der Waals surface area contributed by atoms with Gasteiger partial charge in [0.25, 0.3) is 0 Å². The van der Waals surface area contributed by atoms with Crippen LogP contribution in [-0.2, 0) is 4.79 Å². The average molecular weight is 304 g/mol. The van der Waals surface area contributed by atoms with E-state index in [-0.39, 0.29) is 17.2 Å². The van der Waals surface area contributed by atoms with E-state index in [0.717, 1.165) is 13.0 Å². The van der Waals surface area contributed by atoms with Crippen LogP contribution in [0.15, 0.2) is 23.8 Å². The van der Waals surface area contributed by atoms with Crippen molar-refractivity contribution in [3.63, 3.8) is 0 Å². The summed E-state index contributed by atoms with van der Waals surface area (Å²) in [6.45, 7) is 3.70. The number of rotatable bonds is 5. The predicted molar refractivity (Wildman–Crippen MR) is 84.0 cm³/mol. The first-order chi connectivity index (χ1) is 10.5. The van der Waals surface area contributed by atoms with Crippen molar-refractivity contribution >= 4 is 17.5 Å². The van der Waals surface area contributed by atoms with Crippen LogP contribution in [0.1, 0.15) is 25.3 Å². The molecule has 0 N–H and O–H groups in total. The number of nitro benzene ring substituents is 1. The topological polar surface area (TPSA) is 72.7 Å². The van der Waals surface area contributed by atoms with Gasteiger partial charge in [-0.2, -0.15) is 0 Å². The van der Waals surface area contributed by atoms with E-state index in [1.807, 2.05) is 14.0 Å². The zero-order valence-electron chi connectivity index (χ0n) is 12.9. The van der Waals surface area contributed by atoms with Crippen molar-refractivity contribution in [2.24, 2.45) is 0 Å². The van der Waals surface area contributed by atoms with E-state index in [4.69, 9.17) is 4.74 Å². The van der Waals surface area contributed by atoms with E-state index >= 15 is 0 Å². The molecule has 1 aromatic rings. The molecule has 1 fully saturated rings. The first-order valence-corrected chi connectivity index (χ1v) is 7.34. The molecule has 0 aromatic heterocycles. The zero-order chi connectivity index (χ0) is 16.1. The van der Waals surface area contributed by atoms with Crippen LogP contribution >= 0.6 is 0 Å². The number of likely N-dealkylation sites (N-methyl/N-ethyl adjacent to an activating group) is 1. The minimum atomic E-state index is -0.457. The van der Waals surface area contributed by atoms with E-state index < -0.39 is 4.92 Å². The monoisotopic (exact) mass is 304 g/mol. The Kier molecular flexibility index (Phi) is 5.27. The first-order valence-electron chi connectivity index (χ1n) is 7.34. The summed E-state index contributed by atoms with van der Waals surface area (Å²) in [5.41, 5.74) is 1.26. The smallest absolute Gasteiger partial charge is 0.311 e. The van der Waals surface area contributed by atoms with Crippen molar-refractivity contribution in [2.75, 3.05) is 26.7 Å². The Hall–Kier alpha value is -2.21. The molecular formula is C16H20N2O4. The van der Waals surface area contributed by atoms with Gasteiger partial charge in [0, 0.05) is 31.1 Å². The summed E-state index contributed by atoms with van der Waals surface area (Å²) in [6, 6.07) is 4.80. The molecule has 0 radical (unpaired) electrons. The van der Waals surface area contributed by atoms with Gasteiger partial charge in [0.05, 0.1) is 11.5 Å². The fraction of sp³-hybridized carbons (Fsp3) is 0.438. The second-order valence-electron chi connectivity index (χ2n) is 5.41. The minimum Gasteiger partial charge on any atom is -0.487 e. The van der Waals surface area contributed by atoms with Gasteiger partial charge in [-0.05, 0) is 31.2 Å². The molecule has 1 aromatic carbocycles. The van der Waals surface area contributed by atoms with E-state index in [9.17, 15) is 14.9 Å². The lowest BCUT2D eigenvalue weighted by Gasteiger charge is -2.23. The van der Waals surface area contributed by atoms with E-state index in [1.165, 1.54) is 6.07 Å². The number of Topliss-reactive ketones (excluding diaryl/α,β-unsaturated/α-hetero) is 1. The average Bonchev–Trinajstić information content (AvgIpc) is 2.49. The molecule has 0 spiro atoms. The van der Waals surface area contributed by atoms with Crippen LogP contribution in [0.5, 0.6) is 5.75 Å². The largest absolute Gasteiger partial charge is 0.487 e. The number of ketones is 1. The van der Waals surface area contributed by atoms with Crippen molar-refractivity contribution in [3.05, 3.63) is 39.4 Å². The van der Waals surface area contributed by atoms with Crippen LogP contribution in [0.4, 0.5) is 5.69 Å². The number of hydrogen-bond donors (Lipinski definition) is 0. The lowest BCUT2D eigenvalue weighted by Crippen LogP contribution is -2.32. The van der Waals surface area contributed by atoms with Crippen molar-refractivity contribution in [3.8, 4) is 5.75 Å². The lowest BCUT2D eigenvalue weighted by molar-refractivity contribution is -0.385. The number of ether oxygens (including phenoxy) is 1. The molecule has 1 aliphatic rings. The normalized spacial score (nSPS) is 17.7. The molecule has 0 amide bonds. The van der Waals surface area contributed by atoms with Gasteiger partial charge in [0.2, 0.25) is 0 Å². The Bertz CT molecular complexity index is 610. The summed E-state index contributed by atoms with van der Waals surface area (Å²) in [6.07, 6.45) is 3.00. The molecule has 118 valence electrons. The lowest BCUT2D eigenvalue weighted by atomic mass is 10.0. The number of likely N-dealkylation sites (tertiary alicyclic amines) is 1. The van der Waals surface area contributed by atoms with Gasteiger partial charge in [-0.25, -0.2) is 0 Å². The highest BCUT2D eigenvalue weighted by molar-refractivity contribution is 6.00. The van der Waals surface area contributed by atoms with Gasteiger partial charge in [-0.15, -0.1) is 0 Å². The summed E-state index contributed by atoms with van der Waals surface area (Å²) in [5.74, 6) is 0.369. The summed E-state index contributed by atoms with van der Waals surface area (Å²) in [7, 11) is 1.95. The van der Waals surface area contributed by atoms with Gasteiger partial charge in [-0.1, -0.05) is 13.0 Å². The second-order valence-corrected chi connectivity index (χ2v) is 5.41. The number of nitrogens with zero attached hydrogens (tertiary/aromatic N) is 2. The molecule has 0 unspecified atom stereocenters. The highest BCUT2D eigenvalue weighted by Crippen LogP contribution is 2.29. The van der Waals surface area contributed by atoms with Crippen LogP contribution in [0.2, 0.25) is 0 Å². The van der Waals surface area contributed by atoms with Gasteiger partial charge in [0.15, 0.2) is 11.5 Å². The minimum absolute atomic E-state index is 0.0700. The third-order valence-corrected chi connectivity index (χ3v) is 3.50. The number of carbonyl (C=O) groups excluding carboxylic acids is 1. The van der Waals surface area contributed by atoms with E-state index in [0.29, 0.717) is 30.7 Å². The number of carbonyl (C=O) groups is 1. The standard InChI is InChI=1S/C16H20N2O4/c1-3-8-22-16-5-4-12(10-14(16)18(20)21)9-13-11-17(2)7-6-15(13)19/h4-5,9-10H,3,6-8,11H2,1-2H3/b13-9+. The Morgan fingerprint density at radius 2 is 2.23 bits per heavy atom. The maximum Gasteiger partial charge on any atom is 0.311 e. The third kappa shape index (κ3) is 3.92. The Labute approximate surface area is 129 Å². The molecule has 1 heterocycles. The van der Waals surface area contributed by atoms with Crippen LogP contribution in [0.25, 0.3) is 6.08 Å². The van der Waals surface area contributed by atoms with Gasteiger partial charge >= 0.3 is 5.69 Å². The summed E-state index contributed by atoms with van der Waals surface area (Å²) in [4.78, 5) is 24.7. The molecule has 0 bridgehead atoms. The van der Waals surface area contributed by atoms with E-state index in [1.54, 1.807) is 18.2 Å². The number of hydrogen-bond acceptors (Lipinski definition) is 5. The van der Waals surface area contributed by atoms with Crippen molar-refractivity contribution < 1.29 is 14.5 Å². The van der Waals surface area contributed by atoms with Crippen molar-refractivity contribution in [2.45, 2.75) is 19.8 Å². The van der Waals surface area contributed by atoms with Gasteiger partial charge in [0.1, 0.15) is 0 Å². The summed E-state index contributed by atoms with van der Waals surface area (Å²) in [5, 5.41) is 11.2. The molecule has 1 saturated heterocycles. The Balaban J connectivity index is 2.30. The van der Waals surface area contributed by atoms with Crippen molar-refractivity contribution in [1.29, 1.82) is 0 Å². The molecular weight excluding hydrogens is 284 g/mol. The highest BCUT2D eigenvalue weighted by Gasteiger charge is 2.20. The second kappa shape index (κ2) is 7.17. The van der Waals surface area contributed by atoms with Gasteiger partial charge in [-0.3, -0.25) is 14.9 Å². The number of benzene rings is 1. The van der Waals surface area contributed by atoms with Crippen LogP contribution < -0.4 is 4.74 Å². The highest BCUT2D eigenvalue weighted by atomic mass is 16.6. The molecule has 6 nitrogen and oxygen atoms in total. The molecule has 2 rings (SSSR count). The predicted octanol–water partition coefficient (Wildman–Crippen LogP) is 2.67. The fourth-order valence-corrected chi connectivity index (χ4v) is 2.34. The number of piperidine rings is 1. The fourth-order valence-electron chi connectivity index (χ4n) is 2.34. The molecule has 0 aliphatic carbocycles. The maximum atomic E-state index is 11.9. The molecule has 1 aliphatic heterocycles. The van der Waals surface area contributed by atoms with E-state index in [2.05, 4.69) is 4.90 Å². The SMILES string of the molecule is CCCOc1ccc(/C=C2\CN(C)CCC2=O)cc1[N+](=O)[O-]. The quantitative estimate of drug-likeness (QED) is 0.475. The van der Waals surface area contributed by atoms with Crippen molar-refractivity contribution in [1.82, 2.24) is 4.90 Å². The zero-order valence-corrected chi connectivity index (χ0v) is 12.9. The first kappa shape index (κ1) is 16.2. The maximum absolute atomic E-state index is 11.9. The van der Waals surface area contributed by atoms with Crippen LogP contribution in [0, 0.1) is 10.1 Å². The number of nitro groups is 1. The Morgan fingerprint density at radius 1 is 1.45 bits per heavy atom. The van der Waals surface area contributed by atoms with Gasteiger partial charge < -0.3 is 9.64 Å². The molecule has 6 heteroatoms. The summed E-state index contributed by atoms with van der Waals surface area (Å²) >= 11 is 0. The molecule has 22 heavy (non-hydrogen) atoms. The van der Waals surface area contributed by atoms with Crippen LogP contribution in [-0.4, -0.2) is 42.4 Å². The third-order valence-electron chi connectivity index (χ3n) is 3.50. The Morgan fingerprint density at radius 3 is 2.91 bits per heavy atom. The molecule has 0 atom stereocenters.